The third-order valence-electron chi connectivity index (χ3n) is 4.99. The molecule has 1 aliphatic heterocycles. The van der Waals surface area contributed by atoms with E-state index in [1.165, 1.54) is 11.0 Å². The average molecular weight is 359 g/mol. The number of fused-ring (bicyclic) bond motifs is 2. The number of benzene rings is 2. The molecule has 134 valence electrons. The Hall–Kier alpha value is -3.48. The van der Waals surface area contributed by atoms with E-state index in [9.17, 15) is 4.79 Å². The van der Waals surface area contributed by atoms with Crippen LogP contribution in [0.25, 0.3) is 22.0 Å². The average Bonchev–Trinajstić information content (AvgIpc) is 3.36. The first kappa shape index (κ1) is 15.7. The molecular formula is C20H17N5O2. The van der Waals surface area contributed by atoms with Crippen LogP contribution in [-0.2, 0) is 24.3 Å². The Morgan fingerprint density at radius 1 is 1.15 bits per heavy atom. The Balaban J connectivity index is 1.49. The maximum Gasteiger partial charge on any atom is 0.244 e. The Labute approximate surface area is 155 Å². The second-order valence-electron chi connectivity index (χ2n) is 6.62. The molecule has 2 aromatic heterocycles. The van der Waals surface area contributed by atoms with Gasteiger partial charge in [-0.15, -0.1) is 0 Å². The van der Waals surface area contributed by atoms with E-state index in [4.69, 9.17) is 4.52 Å². The SMILES string of the molecule is O=C(Cn1cncn1)N1CCc2onc(-c3cccc4ccccc34)c2C1. The monoisotopic (exact) mass is 359 g/mol. The van der Waals surface area contributed by atoms with Gasteiger partial charge in [0.25, 0.3) is 0 Å². The van der Waals surface area contributed by atoms with Crippen LogP contribution in [0.15, 0.2) is 59.6 Å². The molecule has 2 aromatic carbocycles. The molecule has 1 amide bonds. The first-order valence-corrected chi connectivity index (χ1v) is 8.85. The van der Waals surface area contributed by atoms with Crippen molar-refractivity contribution < 1.29 is 9.32 Å². The molecule has 0 saturated heterocycles. The number of rotatable bonds is 3. The zero-order valence-corrected chi connectivity index (χ0v) is 14.6. The van der Waals surface area contributed by atoms with E-state index in [0.29, 0.717) is 19.5 Å². The summed E-state index contributed by atoms with van der Waals surface area (Å²) in [4.78, 5) is 18.4. The maximum absolute atomic E-state index is 12.6. The first-order chi connectivity index (χ1) is 13.3. The Kier molecular flexibility index (Phi) is 3.71. The third kappa shape index (κ3) is 2.77. The molecule has 0 aliphatic carbocycles. The zero-order valence-electron chi connectivity index (χ0n) is 14.6. The number of hydrogen-bond acceptors (Lipinski definition) is 5. The Morgan fingerprint density at radius 3 is 2.93 bits per heavy atom. The lowest BCUT2D eigenvalue weighted by Crippen LogP contribution is -2.37. The summed E-state index contributed by atoms with van der Waals surface area (Å²) >= 11 is 0. The molecule has 1 aliphatic rings. The quantitative estimate of drug-likeness (QED) is 0.562. The summed E-state index contributed by atoms with van der Waals surface area (Å²) in [7, 11) is 0. The number of nitrogens with zero attached hydrogens (tertiary/aromatic N) is 5. The first-order valence-electron chi connectivity index (χ1n) is 8.85. The highest BCUT2D eigenvalue weighted by Gasteiger charge is 2.28. The minimum Gasteiger partial charge on any atom is -0.360 e. The molecule has 5 rings (SSSR count). The minimum absolute atomic E-state index is 0.0104. The molecule has 0 saturated carbocycles. The van der Waals surface area contributed by atoms with Crippen molar-refractivity contribution in [3.8, 4) is 11.3 Å². The number of carbonyl (C=O) groups is 1. The van der Waals surface area contributed by atoms with Gasteiger partial charge in [-0.3, -0.25) is 4.79 Å². The number of carbonyl (C=O) groups excluding carboxylic acids is 1. The molecule has 4 aromatic rings. The molecule has 3 heterocycles. The normalized spacial score (nSPS) is 13.7. The van der Waals surface area contributed by atoms with Crippen LogP contribution in [0.1, 0.15) is 11.3 Å². The highest BCUT2D eigenvalue weighted by atomic mass is 16.5. The van der Waals surface area contributed by atoms with Gasteiger partial charge in [0.2, 0.25) is 5.91 Å². The van der Waals surface area contributed by atoms with Crippen molar-refractivity contribution in [3.63, 3.8) is 0 Å². The second kappa shape index (κ2) is 6.35. The molecule has 0 unspecified atom stereocenters. The molecule has 0 atom stereocenters. The summed E-state index contributed by atoms with van der Waals surface area (Å²) in [6.07, 6.45) is 3.64. The van der Waals surface area contributed by atoms with Gasteiger partial charge in [-0.2, -0.15) is 5.10 Å². The van der Waals surface area contributed by atoms with Gasteiger partial charge in [0, 0.05) is 24.1 Å². The van der Waals surface area contributed by atoms with Crippen molar-refractivity contribution in [1.82, 2.24) is 24.8 Å². The number of aromatic nitrogens is 4. The molecule has 0 bridgehead atoms. The van der Waals surface area contributed by atoms with Gasteiger partial charge in [-0.25, -0.2) is 9.67 Å². The van der Waals surface area contributed by atoms with Gasteiger partial charge in [0.1, 0.15) is 30.7 Å². The number of amides is 1. The summed E-state index contributed by atoms with van der Waals surface area (Å²) in [5.41, 5.74) is 2.84. The van der Waals surface area contributed by atoms with Crippen molar-refractivity contribution in [1.29, 1.82) is 0 Å². The summed E-state index contributed by atoms with van der Waals surface area (Å²) in [6.45, 7) is 1.29. The Bertz CT molecular complexity index is 1110. The fourth-order valence-corrected chi connectivity index (χ4v) is 3.62. The highest BCUT2D eigenvalue weighted by molar-refractivity contribution is 5.96. The van der Waals surface area contributed by atoms with E-state index >= 15 is 0 Å². The van der Waals surface area contributed by atoms with Crippen LogP contribution in [-0.4, -0.2) is 37.3 Å². The van der Waals surface area contributed by atoms with Crippen molar-refractivity contribution >= 4 is 16.7 Å². The van der Waals surface area contributed by atoms with Gasteiger partial charge in [-0.1, -0.05) is 47.6 Å². The van der Waals surface area contributed by atoms with E-state index < -0.39 is 0 Å². The molecule has 0 radical (unpaired) electrons. The molecule has 7 nitrogen and oxygen atoms in total. The van der Waals surface area contributed by atoms with Crippen LogP contribution >= 0.6 is 0 Å². The second-order valence-corrected chi connectivity index (χ2v) is 6.62. The predicted octanol–water partition coefficient (Wildman–Crippen LogP) is 2.67. The lowest BCUT2D eigenvalue weighted by Gasteiger charge is -2.26. The van der Waals surface area contributed by atoms with Gasteiger partial charge in [0.15, 0.2) is 0 Å². The molecule has 0 fully saturated rings. The Morgan fingerprint density at radius 2 is 2.04 bits per heavy atom. The smallest absolute Gasteiger partial charge is 0.244 e. The number of hydrogen-bond donors (Lipinski definition) is 0. The van der Waals surface area contributed by atoms with E-state index in [-0.39, 0.29) is 12.5 Å². The van der Waals surface area contributed by atoms with Crippen molar-refractivity contribution in [2.75, 3.05) is 6.54 Å². The van der Waals surface area contributed by atoms with Crippen molar-refractivity contribution in [3.05, 3.63) is 66.4 Å². The molecular weight excluding hydrogens is 342 g/mol. The van der Waals surface area contributed by atoms with Crippen LogP contribution in [0.4, 0.5) is 0 Å². The highest BCUT2D eigenvalue weighted by Crippen LogP contribution is 2.34. The van der Waals surface area contributed by atoms with Gasteiger partial charge in [0.05, 0.1) is 6.54 Å². The van der Waals surface area contributed by atoms with Crippen LogP contribution in [0, 0.1) is 0 Å². The third-order valence-corrected chi connectivity index (χ3v) is 4.99. The lowest BCUT2D eigenvalue weighted by molar-refractivity contribution is -0.133. The van der Waals surface area contributed by atoms with Gasteiger partial charge >= 0.3 is 0 Å². The van der Waals surface area contributed by atoms with Crippen LogP contribution in [0.3, 0.4) is 0 Å². The van der Waals surface area contributed by atoms with Gasteiger partial charge in [-0.05, 0) is 10.8 Å². The molecule has 0 N–H and O–H groups in total. The van der Waals surface area contributed by atoms with E-state index in [1.54, 1.807) is 6.33 Å². The van der Waals surface area contributed by atoms with Crippen molar-refractivity contribution in [2.24, 2.45) is 0 Å². The fourth-order valence-electron chi connectivity index (χ4n) is 3.62. The molecule has 0 spiro atoms. The van der Waals surface area contributed by atoms with Crippen molar-refractivity contribution in [2.45, 2.75) is 19.5 Å². The fraction of sp³-hybridized carbons (Fsp3) is 0.200. The van der Waals surface area contributed by atoms with Crippen LogP contribution < -0.4 is 0 Å². The summed E-state index contributed by atoms with van der Waals surface area (Å²) in [5.74, 6) is 0.874. The molecule has 27 heavy (non-hydrogen) atoms. The minimum atomic E-state index is 0.0104. The predicted molar refractivity (Wildman–Crippen MR) is 98.6 cm³/mol. The summed E-state index contributed by atoms with van der Waals surface area (Å²) in [6, 6.07) is 14.4. The summed E-state index contributed by atoms with van der Waals surface area (Å²) in [5, 5.41) is 10.6. The van der Waals surface area contributed by atoms with E-state index in [0.717, 1.165) is 33.4 Å². The maximum atomic E-state index is 12.6. The lowest BCUT2D eigenvalue weighted by atomic mass is 9.97. The van der Waals surface area contributed by atoms with Crippen LogP contribution in [0.2, 0.25) is 0 Å². The van der Waals surface area contributed by atoms with E-state index in [1.807, 2.05) is 23.1 Å². The zero-order chi connectivity index (χ0) is 18.2. The largest absolute Gasteiger partial charge is 0.360 e. The standard InChI is InChI=1S/C20H17N5O2/c26-19(11-25-13-21-12-22-25)24-9-8-18-17(10-24)20(23-27-18)16-7-3-5-14-4-1-2-6-15(14)16/h1-7,12-13H,8-11H2. The topological polar surface area (TPSA) is 77.0 Å². The van der Waals surface area contributed by atoms with E-state index in [2.05, 4.69) is 39.5 Å². The van der Waals surface area contributed by atoms with Gasteiger partial charge < -0.3 is 9.42 Å². The van der Waals surface area contributed by atoms with Crippen LogP contribution in [0.5, 0.6) is 0 Å². The summed E-state index contributed by atoms with van der Waals surface area (Å²) < 4.78 is 7.15. The molecule has 7 heteroatoms.